The molecule has 0 atom stereocenters. The van der Waals surface area contributed by atoms with Gasteiger partial charge in [-0.05, 0) is 24.0 Å². The summed E-state index contributed by atoms with van der Waals surface area (Å²) >= 11 is 0. The van der Waals surface area contributed by atoms with Crippen molar-refractivity contribution in [1.82, 2.24) is 0 Å². The molecule has 0 amide bonds. The molecular formula is C10H13BO5. The highest BCUT2D eigenvalue weighted by atomic mass is 16.6. The monoisotopic (exact) mass is 224 g/mol. The summed E-state index contributed by atoms with van der Waals surface area (Å²) in [6.45, 7) is 1.59. The van der Waals surface area contributed by atoms with Crippen LogP contribution in [0.25, 0.3) is 0 Å². The summed E-state index contributed by atoms with van der Waals surface area (Å²) in [4.78, 5) is 10.9. The van der Waals surface area contributed by atoms with Crippen LogP contribution in [0.2, 0.25) is 0 Å². The number of carbonyl (C=O) groups excluding carboxylic acids is 1. The molecule has 0 bridgehead atoms. The lowest BCUT2D eigenvalue weighted by molar-refractivity contribution is -0.142. The fraction of sp³-hybridized carbons (Fsp3) is 0.300. The summed E-state index contributed by atoms with van der Waals surface area (Å²) in [5.74, 6) is -0.0645. The van der Waals surface area contributed by atoms with E-state index in [-0.39, 0.29) is 6.61 Å². The second kappa shape index (κ2) is 5.53. The largest absolute Gasteiger partial charge is 0.488 e. The quantitative estimate of drug-likeness (QED) is 0.518. The summed E-state index contributed by atoms with van der Waals surface area (Å²) in [7, 11) is -0.284. The maximum atomic E-state index is 10.9. The van der Waals surface area contributed by atoms with Crippen LogP contribution < -0.4 is 10.2 Å². The molecule has 1 aromatic rings. The summed E-state index contributed by atoms with van der Waals surface area (Å²) in [6.07, 6.45) is 0. The van der Waals surface area contributed by atoms with Crippen LogP contribution >= 0.6 is 0 Å². The molecule has 16 heavy (non-hydrogen) atoms. The molecule has 0 saturated heterocycles. The number of methoxy groups -OCH3 is 1. The van der Waals surface area contributed by atoms with Gasteiger partial charge >= 0.3 is 13.1 Å². The molecule has 1 aromatic carbocycles. The Labute approximate surface area is 93.8 Å². The van der Waals surface area contributed by atoms with Gasteiger partial charge in [0.25, 0.3) is 0 Å². The highest BCUT2D eigenvalue weighted by molar-refractivity contribution is 6.58. The minimum atomic E-state index is -1.55. The molecule has 0 radical (unpaired) electrons. The highest BCUT2D eigenvalue weighted by Crippen LogP contribution is 2.15. The molecule has 0 aromatic heterocycles. The zero-order chi connectivity index (χ0) is 12.1. The molecule has 0 fully saturated rings. The maximum absolute atomic E-state index is 10.9. The molecule has 86 valence electrons. The molecule has 0 unspecified atom stereocenters. The van der Waals surface area contributed by atoms with E-state index in [0.29, 0.717) is 11.2 Å². The first-order valence-corrected chi connectivity index (χ1v) is 4.71. The lowest BCUT2D eigenvalue weighted by atomic mass is 9.80. The smallest absolute Gasteiger partial charge is 0.482 e. The minimum absolute atomic E-state index is 0.206. The standard InChI is InChI=1S/C10H13BO5/c1-7-3-4-8(11(13)14)5-9(7)16-6-10(12)15-2/h3-5,13-14H,6H2,1-2H3. The third-order valence-corrected chi connectivity index (χ3v) is 2.08. The molecule has 6 heteroatoms. The lowest BCUT2D eigenvalue weighted by Gasteiger charge is -2.09. The van der Waals surface area contributed by atoms with Crippen molar-refractivity contribution in [3.8, 4) is 5.75 Å². The fourth-order valence-electron chi connectivity index (χ4n) is 1.13. The van der Waals surface area contributed by atoms with Crippen molar-refractivity contribution in [2.75, 3.05) is 13.7 Å². The van der Waals surface area contributed by atoms with Crippen LogP contribution in [-0.2, 0) is 9.53 Å². The van der Waals surface area contributed by atoms with Crippen molar-refractivity contribution in [2.24, 2.45) is 0 Å². The Kier molecular flexibility index (Phi) is 4.33. The fourth-order valence-corrected chi connectivity index (χ4v) is 1.13. The van der Waals surface area contributed by atoms with Gasteiger partial charge in [-0.2, -0.15) is 0 Å². The third kappa shape index (κ3) is 3.25. The SMILES string of the molecule is COC(=O)COc1cc(B(O)O)ccc1C. The number of hydrogen-bond donors (Lipinski definition) is 2. The predicted octanol–water partition coefficient (Wildman–Crippen LogP) is -0.773. The summed E-state index contributed by atoms with van der Waals surface area (Å²) in [5.41, 5.74) is 1.11. The Morgan fingerprint density at radius 3 is 2.69 bits per heavy atom. The molecule has 0 aliphatic rings. The van der Waals surface area contributed by atoms with Gasteiger partial charge in [-0.1, -0.05) is 12.1 Å². The van der Waals surface area contributed by atoms with Gasteiger partial charge in [0.2, 0.25) is 0 Å². The van der Waals surface area contributed by atoms with Crippen LogP contribution in [0.4, 0.5) is 0 Å². The van der Waals surface area contributed by atoms with Crippen LogP contribution in [0.1, 0.15) is 5.56 Å². The van der Waals surface area contributed by atoms with Gasteiger partial charge < -0.3 is 19.5 Å². The van der Waals surface area contributed by atoms with E-state index in [2.05, 4.69) is 4.74 Å². The molecule has 0 aliphatic carbocycles. The van der Waals surface area contributed by atoms with E-state index in [1.54, 1.807) is 19.1 Å². The van der Waals surface area contributed by atoms with Crippen molar-refractivity contribution in [2.45, 2.75) is 6.92 Å². The molecular weight excluding hydrogens is 211 g/mol. The highest BCUT2D eigenvalue weighted by Gasteiger charge is 2.13. The molecule has 2 N–H and O–H groups in total. The van der Waals surface area contributed by atoms with E-state index in [0.717, 1.165) is 5.56 Å². The van der Waals surface area contributed by atoms with E-state index < -0.39 is 13.1 Å². The molecule has 1 rings (SSSR count). The molecule has 5 nitrogen and oxygen atoms in total. The van der Waals surface area contributed by atoms with E-state index in [9.17, 15) is 4.79 Å². The van der Waals surface area contributed by atoms with Crippen molar-refractivity contribution < 1.29 is 24.3 Å². The number of ether oxygens (including phenoxy) is 2. The molecule has 0 saturated carbocycles. The first-order valence-electron chi connectivity index (χ1n) is 4.71. The number of benzene rings is 1. The van der Waals surface area contributed by atoms with Gasteiger partial charge in [0.15, 0.2) is 6.61 Å². The summed E-state index contributed by atoms with van der Waals surface area (Å²) < 4.78 is 9.61. The second-order valence-electron chi connectivity index (χ2n) is 3.26. The summed E-state index contributed by atoms with van der Waals surface area (Å²) in [5, 5.41) is 17.9. The number of esters is 1. The third-order valence-electron chi connectivity index (χ3n) is 2.08. The Hall–Kier alpha value is -1.53. The number of rotatable bonds is 4. The van der Waals surface area contributed by atoms with E-state index >= 15 is 0 Å². The Balaban J connectivity index is 2.78. The van der Waals surface area contributed by atoms with Gasteiger partial charge in [-0.3, -0.25) is 0 Å². The topological polar surface area (TPSA) is 76.0 Å². The lowest BCUT2D eigenvalue weighted by Crippen LogP contribution is -2.30. The van der Waals surface area contributed by atoms with Crippen molar-refractivity contribution >= 4 is 18.6 Å². The van der Waals surface area contributed by atoms with Gasteiger partial charge in [-0.25, -0.2) is 4.79 Å². The van der Waals surface area contributed by atoms with Crippen molar-refractivity contribution in [1.29, 1.82) is 0 Å². The zero-order valence-corrected chi connectivity index (χ0v) is 9.14. The minimum Gasteiger partial charge on any atom is -0.482 e. The first kappa shape index (κ1) is 12.5. The van der Waals surface area contributed by atoms with Crippen LogP contribution in [0, 0.1) is 6.92 Å². The Morgan fingerprint density at radius 1 is 1.44 bits per heavy atom. The first-order chi connectivity index (χ1) is 7.54. The normalized spacial score (nSPS) is 9.75. The van der Waals surface area contributed by atoms with E-state index in [4.69, 9.17) is 14.8 Å². The average Bonchev–Trinajstić information content (AvgIpc) is 2.27. The number of carbonyl (C=O) groups is 1. The second-order valence-corrected chi connectivity index (χ2v) is 3.26. The van der Waals surface area contributed by atoms with Gasteiger partial charge in [0, 0.05) is 0 Å². The number of hydrogen-bond acceptors (Lipinski definition) is 5. The number of aryl methyl sites for hydroxylation is 1. The van der Waals surface area contributed by atoms with E-state index in [1.807, 2.05) is 0 Å². The predicted molar refractivity (Wildman–Crippen MR) is 58.5 cm³/mol. The zero-order valence-electron chi connectivity index (χ0n) is 9.14. The van der Waals surface area contributed by atoms with Crippen LogP contribution in [0.5, 0.6) is 5.75 Å². The van der Waals surface area contributed by atoms with Crippen LogP contribution in [0.15, 0.2) is 18.2 Å². The Bertz CT molecular complexity index is 377. The molecule has 0 heterocycles. The van der Waals surface area contributed by atoms with Crippen LogP contribution in [0.3, 0.4) is 0 Å². The maximum Gasteiger partial charge on any atom is 0.488 e. The van der Waals surface area contributed by atoms with E-state index in [1.165, 1.54) is 13.2 Å². The van der Waals surface area contributed by atoms with Crippen molar-refractivity contribution in [3.63, 3.8) is 0 Å². The van der Waals surface area contributed by atoms with Gasteiger partial charge in [0.05, 0.1) is 7.11 Å². The Morgan fingerprint density at radius 2 is 2.12 bits per heavy atom. The van der Waals surface area contributed by atoms with Gasteiger partial charge in [0.1, 0.15) is 5.75 Å². The molecule has 0 spiro atoms. The summed E-state index contributed by atoms with van der Waals surface area (Å²) in [6, 6.07) is 4.73. The van der Waals surface area contributed by atoms with Gasteiger partial charge in [-0.15, -0.1) is 0 Å². The average molecular weight is 224 g/mol. The van der Waals surface area contributed by atoms with Crippen molar-refractivity contribution in [3.05, 3.63) is 23.8 Å². The molecule has 0 aliphatic heterocycles. The van der Waals surface area contributed by atoms with Crippen LogP contribution in [-0.4, -0.2) is 36.9 Å².